The Morgan fingerprint density at radius 1 is 1.00 bits per heavy atom. The molecule has 5 aromatic rings. The number of anilines is 2. The minimum Gasteiger partial charge on any atom is -0.279 e. The Bertz CT molecular complexity index is 1730. The van der Waals surface area contributed by atoms with Gasteiger partial charge in [0.1, 0.15) is 0 Å². The van der Waals surface area contributed by atoms with E-state index in [-0.39, 0.29) is 23.9 Å². The molecule has 10 heteroatoms. The standard InChI is InChI=1S/C29H25ClN4O3S2/c1-3-34(24-9-5-4-6-10-24)39(36,37)25-13-11-22(12-14-25)28(35)33(19-21-8-7-15-31-18-21)29-32-27-20(2)16-23(30)17-26(27)38-29/h4-18H,3,19H2,1-2H3. The summed E-state index contributed by atoms with van der Waals surface area (Å²) in [5.74, 6) is -0.305. The van der Waals surface area contributed by atoms with Gasteiger partial charge in [-0.3, -0.25) is 19.0 Å². The molecule has 0 atom stereocenters. The van der Waals surface area contributed by atoms with E-state index in [1.807, 2.05) is 37.3 Å². The number of carbonyl (C=O) groups is 1. The Labute approximate surface area is 236 Å². The second-order valence-corrected chi connectivity index (χ2v) is 12.2. The van der Waals surface area contributed by atoms with Crippen molar-refractivity contribution in [3.8, 4) is 0 Å². The Balaban J connectivity index is 1.50. The van der Waals surface area contributed by atoms with E-state index >= 15 is 0 Å². The summed E-state index contributed by atoms with van der Waals surface area (Å²) in [5.41, 5.74) is 3.46. The van der Waals surface area contributed by atoms with E-state index in [2.05, 4.69) is 4.98 Å². The first-order valence-corrected chi connectivity index (χ1v) is 14.9. The van der Waals surface area contributed by atoms with Crippen LogP contribution in [0.25, 0.3) is 10.2 Å². The van der Waals surface area contributed by atoms with Crippen LogP contribution in [0.3, 0.4) is 0 Å². The van der Waals surface area contributed by atoms with Crippen molar-refractivity contribution in [1.82, 2.24) is 9.97 Å². The van der Waals surface area contributed by atoms with Crippen molar-refractivity contribution in [1.29, 1.82) is 0 Å². The van der Waals surface area contributed by atoms with Gasteiger partial charge in [-0.2, -0.15) is 0 Å². The fraction of sp³-hybridized carbons (Fsp3) is 0.138. The number of hydrogen-bond donors (Lipinski definition) is 0. The molecule has 0 bridgehead atoms. The van der Waals surface area contributed by atoms with E-state index in [9.17, 15) is 13.2 Å². The minimum atomic E-state index is -3.82. The molecular formula is C29H25ClN4O3S2. The van der Waals surface area contributed by atoms with Crippen LogP contribution in [-0.2, 0) is 16.6 Å². The second kappa shape index (κ2) is 11.1. The van der Waals surface area contributed by atoms with E-state index in [1.54, 1.807) is 60.6 Å². The van der Waals surface area contributed by atoms with Crippen LogP contribution in [0.4, 0.5) is 10.8 Å². The first-order valence-electron chi connectivity index (χ1n) is 12.2. The Morgan fingerprint density at radius 3 is 2.41 bits per heavy atom. The van der Waals surface area contributed by atoms with Crippen molar-refractivity contribution >= 4 is 59.9 Å². The number of carbonyl (C=O) groups excluding carboxylic acids is 1. The van der Waals surface area contributed by atoms with Gasteiger partial charge in [0.05, 0.1) is 27.3 Å². The number of aryl methyl sites for hydroxylation is 1. The summed E-state index contributed by atoms with van der Waals surface area (Å²) in [7, 11) is -3.82. The molecule has 0 fully saturated rings. The first-order chi connectivity index (χ1) is 18.8. The summed E-state index contributed by atoms with van der Waals surface area (Å²) in [5, 5.41) is 1.12. The van der Waals surface area contributed by atoms with Crippen molar-refractivity contribution in [2.75, 3.05) is 15.7 Å². The number of nitrogens with zero attached hydrogens (tertiary/aromatic N) is 4. The molecule has 0 N–H and O–H groups in total. The van der Waals surface area contributed by atoms with Crippen molar-refractivity contribution < 1.29 is 13.2 Å². The SMILES string of the molecule is CCN(c1ccccc1)S(=O)(=O)c1ccc(C(=O)N(Cc2cccnc2)c2nc3c(C)cc(Cl)cc3s2)cc1. The predicted octanol–water partition coefficient (Wildman–Crippen LogP) is 6.72. The van der Waals surface area contributed by atoms with Crippen molar-refractivity contribution in [3.05, 3.63) is 113 Å². The van der Waals surface area contributed by atoms with E-state index in [1.165, 1.54) is 27.8 Å². The molecule has 39 heavy (non-hydrogen) atoms. The molecule has 5 rings (SSSR count). The fourth-order valence-electron chi connectivity index (χ4n) is 4.30. The van der Waals surface area contributed by atoms with E-state index < -0.39 is 10.0 Å². The zero-order valence-electron chi connectivity index (χ0n) is 21.3. The summed E-state index contributed by atoms with van der Waals surface area (Å²) in [6, 6.07) is 22.3. The molecule has 0 saturated carbocycles. The van der Waals surface area contributed by atoms with Gasteiger partial charge in [0.15, 0.2) is 5.13 Å². The lowest BCUT2D eigenvalue weighted by atomic mass is 10.2. The normalized spacial score (nSPS) is 11.5. The van der Waals surface area contributed by atoms with Crippen LogP contribution in [0.5, 0.6) is 0 Å². The summed E-state index contributed by atoms with van der Waals surface area (Å²) in [6.07, 6.45) is 3.38. The average Bonchev–Trinajstić information content (AvgIpc) is 3.37. The number of halogens is 1. The van der Waals surface area contributed by atoms with Crippen molar-refractivity contribution in [2.45, 2.75) is 25.3 Å². The molecule has 0 saturated heterocycles. The second-order valence-electron chi connectivity index (χ2n) is 8.85. The van der Waals surface area contributed by atoms with Gasteiger partial charge in [-0.15, -0.1) is 0 Å². The van der Waals surface area contributed by atoms with Gasteiger partial charge >= 0.3 is 0 Å². The number of aromatic nitrogens is 2. The molecule has 3 aromatic carbocycles. The summed E-state index contributed by atoms with van der Waals surface area (Å²) in [4.78, 5) is 24.5. The summed E-state index contributed by atoms with van der Waals surface area (Å²) >= 11 is 7.64. The van der Waals surface area contributed by atoms with Gasteiger partial charge in [-0.1, -0.05) is 47.2 Å². The number of hydrogen-bond acceptors (Lipinski definition) is 6. The van der Waals surface area contributed by atoms with Crippen LogP contribution in [0.15, 0.2) is 96.2 Å². The maximum atomic E-state index is 13.8. The number of pyridine rings is 1. The number of para-hydroxylation sites is 1. The number of amides is 1. The molecule has 2 aromatic heterocycles. The van der Waals surface area contributed by atoms with Gasteiger partial charge in [0, 0.05) is 29.5 Å². The Morgan fingerprint density at radius 2 is 1.74 bits per heavy atom. The third-order valence-corrected chi connectivity index (χ3v) is 9.36. The minimum absolute atomic E-state index is 0.105. The molecule has 0 unspecified atom stereocenters. The Kier molecular flexibility index (Phi) is 7.65. The topological polar surface area (TPSA) is 83.5 Å². The van der Waals surface area contributed by atoms with Crippen molar-refractivity contribution in [3.63, 3.8) is 0 Å². The molecule has 0 radical (unpaired) electrons. The smallest absolute Gasteiger partial charge is 0.264 e. The molecular weight excluding hydrogens is 552 g/mol. The van der Waals surface area contributed by atoms with E-state index in [0.29, 0.717) is 21.4 Å². The highest BCUT2D eigenvalue weighted by Crippen LogP contribution is 2.34. The maximum absolute atomic E-state index is 13.8. The van der Waals surface area contributed by atoms with Crippen LogP contribution < -0.4 is 9.21 Å². The van der Waals surface area contributed by atoms with E-state index in [4.69, 9.17) is 16.6 Å². The number of benzene rings is 3. The molecule has 0 aliphatic carbocycles. The van der Waals surface area contributed by atoms with Crippen LogP contribution >= 0.6 is 22.9 Å². The molecule has 198 valence electrons. The lowest BCUT2D eigenvalue weighted by Gasteiger charge is -2.23. The van der Waals surface area contributed by atoms with Crippen molar-refractivity contribution in [2.24, 2.45) is 0 Å². The van der Waals surface area contributed by atoms with Crippen LogP contribution in [0.1, 0.15) is 28.4 Å². The van der Waals surface area contributed by atoms with Gasteiger partial charge < -0.3 is 0 Å². The first kappa shape index (κ1) is 26.8. The average molecular weight is 577 g/mol. The van der Waals surface area contributed by atoms with Crippen LogP contribution in [-0.4, -0.2) is 30.8 Å². The van der Waals surface area contributed by atoms with E-state index in [0.717, 1.165) is 21.3 Å². The van der Waals surface area contributed by atoms with Crippen LogP contribution in [0, 0.1) is 6.92 Å². The number of rotatable bonds is 8. The highest BCUT2D eigenvalue weighted by Gasteiger charge is 2.26. The molecule has 0 aliphatic rings. The molecule has 0 aliphatic heterocycles. The lowest BCUT2D eigenvalue weighted by Crippen LogP contribution is -2.31. The third-order valence-electron chi connectivity index (χ3n) is 6.20. The van der Waals surface area contributed by atoms with Gasteiger partial charge in [-0.25, -0.2) is 13.4 Å². The number of thiazole rings is 1. The zero-order chi connectivity index (χ0) is 27.6. The Hall–Kier alpha value is -3.79. The molecule has 1 amide bonds. The largest absolute Gasteiger partial charge is 0.279 e. The quantitative estimate of drug-likeness (QED) is 0.205. The lowest BCUT2D eigenvalue weighted by molar-refractivity contribution is 0.0985. The highest BCUT2D eigenvalue weighted by molar-refractivity contribution is 7.92. The molecule has 7 nitrogen and oxygen atoms in total. The zero-order valence-corrected chi connectivity index (χ0v) is 23.7. The monoisotopic (exact) mass is 576 g/mol. The summed E-state index contributed by atoms with van der Waals surface area (Å²) in [6.45, 7) is 4.23. The fourth-order valence-corrected chi connectivity index (χ4v) is 7.19. The third kappa shape index (κ3) is 5.52. The maximum Gasteiger partial charge on any atom is 0.264 e. The predicted molar refractivity (Wildman–Crippen MR) is 157 cm³/mol. The highest BCUT2D eigenvalue weighted by atomic mass is 35.5. The van der Waals surface area contributed by atoms with Crippen LogP contribution in [0.2, 0.25) is 5.02 Å². The van der Waals surface area contributed by atoms with Gasteiger partial charge in [0.25, 0.3) is 15.9 Å². The molecule has 2 heterocycles. The van der Waals surface area contributed by atoms with Gasteiger partial charge in [0.2, 0.25) is 0 Å². The van der Waals surface area contributed by atoms with Gasteiger partial charge in [-0.05, 0) is 79.6 Å². The molecule has 0 spiro atoms. The number of fused-ring (bicyclic) bond motifs is 1. The summed E-state index contributed by atoms with van der Waals surface area (Å²) < 4.78 is 29.0. The number of sulfonamides is 1.